The summed E-state index contributed by atoms with van der Waals surface area (Å²) in [6.45, 7) is 4.94. The Morgan fingerprint density at radius 3 is 2.60 bits per heavy atom. The average molecular weight is 345 g/mol. The van der Waals surface area contributed by atoms with Gasteiger partial charge in [0, 0.05) is 30.8 Å². The van der Waals surface area contributed by atoms with Gasteiger partial charge in [0.25, 0.3) is 0 Å². The molecule has 25 heavy (non-hydrogen) atoms. The van der Waals surface area contributed by atoms with Gasteiger partial charge in [-0.1, -0.05) is 13.8 Å². The average Bonchev–Trinajstić information content (AvgIpc) is 2.97. The standard InChI is InChI=1S/C20H24FNO3/c1-13(2)18-7-8-19(14-3-5-15(21)6-4-14)22(18)10-9-17-11-16(23)12-20(24)25-17/h3-8,13,16-17,23H,9-12H2,1-2H3. The van der Waals surface area contributed by atoms with E-state index in [1.807, 2.05) is 6.07 Å². The molecule has 1 aromatic heterocycles. The Morgan fingerprint density at radius 2 is 1.96 bits per heavy atom. The van der Waals surface area contributed by atoms with Crippen molar-refractivity contribution in [3.8, 4) is 11.3 Å². The number of hydrogen-bond donors (Lipinski definition) is 1. The lowest BCUT2D eigenvalue weighted by Crippen LogP contribution is -2.33. The van der Waals surface area contributed by atoms with Gasteiger partial charge in [-0.25, -0.2) is 4.39 Å². The highest BCUT2D eigenvalue weighted by Gasteiger charge is 2.27. The maximum Gasteiger partial charge on any atom is 0.308 e. The van der Waals surface area contributed by atoms with Gasteiger partial charge < -0.3 is 14.4 Å². The van der Waals surface area contributed by atoms with E-state index in [4.69, 9.17) is 4.74 Å². The number of cyclic esters (lactones) is 1. The Kier molecular flexibility index (Phi) is 5.23. The van der Waals surface area contributed by atoms with Gasteiger partial charge in [-0.2, -0.15) is 0 Å². The van der Waals surface area contributed by atoms with Crippen LogP contribution in [0.5, 0.6) is 0 Å². The second kappa shape index (κ2) is 7.40. The van der Waals surface area contributed by atoms with E-state index in [0.717, 1.165) is 11.3 Å². The fraction of sp³-hybridized carbons (Fsp3) is 0.450. The zero-order valence-electron chi connectivity index (χ0n) is 14.6. The number of benzene rings is 1. The third-order valence-electron chi connectivity index (χ3n) is 4.66. The number of carbonyl (C=O) groups is 1. The van der Waals surface area contributed by atoms with Crippen LogP contribution in [0.2, 0.25) is 0 Å². The Balaban J connectivity index is 1.82. The first-order chi connectivity index (χ1) is 11.9. The normalized spacial score (nSPS) is 20.8. The van der Waals surface area contributed by atoms with Crippen LogP contribution in [0.25, 0.3) is 11.3 Å². The van der Waals surface area contributed by atoms with Crippen molar-refractivity contribution in [1.82, 2.24) is 4.57 Å². The first kappa shape index (κ1) is 17.7. The van der Waals surface area contributed by atoms with Crippen LogP contribution in [0.3, 0.4) is 0 Å². The molecule has 0 aliphatic carbocycles. The number of aliphatic hydroxyl groups is 1. The minimum absolute atomic E-state index is 0.0814. The lowest BCUT2D eigenvalue weighted by molar-refractivity contribution is -0.160. The molecule has 0 radical (unpaired) electrons. The summed E-state index contributed by atoms with van der Waals surface area (Å²) >= 11 is 0. The molecule has 5 heteroatoms. The molecule has 1 aliphatic heterocycles. The van der Waals surface area contributed by atoms with Crippen LogP contribution in [-0.2, 0) is 16.1 Å². The van der Waals surface area contributed by atoms with E-state index in [0.29, 0.717) is 25.3 Å². The molecule has 0 amide bonds. The zero-order valence-corrected chi connectivity index (χ0v) is 14.6. The number of esters is 1. The molecule has 1 aromatic carbocycles. The Hall–Kier alpha value is -2.14. The SMILES string of the molecule is CC(C)c1ccc(-c2ccc(F)cc2)n1CCC1CC(O)CC(=O)O1. The summed E-state index contributed by atoms with van der Waals surface area (Å²) in [7, 11) is 0. The van der Waals surface area contributed by atoms with Gasteiger partial charge in [-0.05, 0) is 47.9 Å². The fourth-order valence-corrected chi connectivity index (χ4v) is 3.42. The van der Waals surface area contributed by atoms with Crippen molar-refractivity contribution in [2.45, 2.75) is 57.8 Å². The van der Waals surface area contributed by atoms with E-state index in [2.05, 4.69) is 24.5 Å². The molecular formula is C20H24FNO3. The molecule has 2 atom stereocenters. The summed E-state index contributed by atoms with van der Waals surface area (Å²) in [5, 5.41) is 9.77. The molecule has 2 heterocycles. The summed E-state index contributed by atoms with van der Waals surface area (Å²) in [5.41, 5.74) is 3.15. The van der Waals surface area contributed by atoms with Crippen molar-refractivity contribution in [2.24, 2.45) is 0 Å². The fourth-order valence-electron chi connectivity index (χ4n) is 3.42. The molecule has 3 rings (SSSR count). The number of ether oxygens (including phenoxy) is 1. The van der Waals surface area contributed by atoms with Gasteiger partial charge in [-0.3, -0.25) is 4.79 Å². The van der Waals surface area contributed by atoms with Gasteiger partial charge in [0.1, 0.15) is 11.9 Å². The topological polar surface area (TPSA) is 51.5 Å². The summed E-state index contributed by atoms with van der Waals surface area (Å²) < 4.78 is 20.8. The molecule has 2 unspecified atom stereocenters. The summed E-state index contributed by atoms with van der Waals surface area (Å²) in [5.74, 6) is -0.248. The van der Waals surface area contributed by atoms with Crippen LogP contribution in [0.15, 0.2) is 36.4 Å². The highest BCUT2D eigenvalue weighted by molar-refractivity contribution is 5.71. The monoisotopic (exact) mass is 345 g/mol. The minimum atomic E-state index is -0.614. The second-order valence-electron chi connectivity index (χ2n) is 6.95. The number of halogens is 1. The zero-order chi connectivity index (χ0) is 18.0. The van der Waals surface area contributed by atoms with Gasteiger partial charge >= 0.3 is 5.97 Å². The lowest BCUT2D eigenvalue weighted by Gasteiger charge is -2.27. The molecule has 1 saturated heterocycles. The maximum absolute atomic E-state index is 13.2. The largest absolute Gasteiger partial charge is 0.462 e. The van der Waals surface area contributed by atoms with Crippen LogP contribution in [0.1, 0.15) is 44.7 Å². The third-order valence-corrected chi connectivity index (χ3v) is 4.66. The van der Waals surface area contributed by atoms with Crippen LogP contribution < -0.4 is 0 Å². The molecule has 2 aromatic rings. The minimum Gasteiger partial charge on any atom is -0.462 e. The molecule has 0 bridgehead atoms. The number of aliphatic hydroxyl groups excluding tert-OH is 1. The second-order valence-corrected chi connectivity index (χ2v) is 6.95. The maximum atomic E-state index is 13.2. The summed E-state index contributed by atoms with van der Waals surface area (Å²) in [4.78, 5) is 11.5. The van der Waals surface area contributed by atoms with E-state index in [-0.39, 0.29) is 24.3 Å². The van der Waals surface area contributed by atoms with Crippen molar-refractivity contribution in [2.75, 3.05) is 0 Å². The van der Waals surface area contributed by atoms with Crippen molar-refractivity contribution in [3.63, 3.8) is 0 Å². The number of aromatic nitrogens is 1. The molecule has 0 spiro atoms. The first-order valence-electron chi connectivity index (χ1n) is 8.77. The molecule has 4 nitrogen and oxygen atoms in total. The van der Waals surface area contributed by atoms with Crippen molar-refractivity contribution >= 4 is 5.97 Å². The van der Waals surface area contributed by atoms with Crippen molar-refractivity contribution in [3.05, 3.63) is 47.9 Å². The smallest absolute Gasteiger partial charge is 0.308 e. The Labute approximate surface area is 147 Å². The van der Waals surface area contributed by atoms with E-state index in [9.17, 15) is 14.3 Å². The predicted molar refractivity (Wildman–Crippen MR) is 93.7 cm³/mol. The Bertz CT molecular complexity index is 736. The number of rotatable bonds is 5. The Morgan fingerprint density at radius 1 is 1.24 bits per heavy atom. The summed E-state index contributed by atoms with van der Waals surface area (Å²) in [6, 6.07) is 10.6. The van der Waals surface area contributed by atoms with Gasteiger partial charge in [0.05, 0.1) is 12.5 Å². The van der Waals surface area contributed by atoms with E-state index >= 15 is 0 Å². The molecule has 0 saturated carbocycles. The number of carbonyl (C=O) groups excluding carboxylic acids is 1. The van der Waals surface area contributed by atoms with E-state index in [1.165, 1.54) is 17.8 Å². The van der Waals surface area contributed by atoms with Gasteiger partial charge in [-0.15, -0.1) is 0 Å². The molecular weight excluding hydrogens is 321 g/mol. The van der Waals surface area contributed by atoms with Crippen molar-refractivity contribution in [1.29, 1.82) is 0 Å². The van der Waals surface area contributed by atoms with E-state index in [1.54, 1.807) is 12.1 Å². The highest BCUT2D eigenvalue weighted by Crippen LogP contribution is 2.28. The summed E-state index contributed by atoms with van der Waals surface area (Å²) in [6.07, 6.45) is 0.330. The van der Waals surface area contributed by atoms with Gasteiger partial charge in [0.15, 0.2) is 0 Å². The molecule has 134 valence electrons. The molecule has 1 N–H and O–H groups in total. The lowest BCUT2D eigenvalue weighted by atomic mass is 10.0. The predicted octanol–water partition coefficient (Wildman–Crippen LogP) is 3.87. The number of nitrogens with zero attached hydrogens (tertiary/aromatic N) is 1. The van der Waals surface area contributed by atoms with E-state index < -0.39 is 6.10 Å². The van der Waals surface area contributed by atoms with Crippen molar-refractivity contribution < 1.29 is 19.0 Å². The van der Waals surface area contributed by atoms with Crippen LogP contribution in [0, 0.1) is 5.82 Å². The molecule has 1 aliphatic rings. The quantitative estimate of drug-likeness (QED) is 0.837. The van der Waals surface area contributed by atoms with Crippen LogP contribution >= 0.6 is 0 Å². The van der Waals surface area contributed by atoms with Crippen LogP contribution in [-0.4, -0.2) is 27.9 Å². The molecule has 1 fully saturated rings. The highest BCUT2D eigenvalue weighted by atomic mass is 19.1. The first-order valence-corrected chi connectivity index (χ1v) is 8.77. The van der Waals surface area contributed by atoms with Crippen LogP contribution in [0.4, 0.5) is 4.39 Å². The third kappa shape index (κ3) is 4.10. The van der Waals surface area contributed by atoms with Gasteiger partial charge in [0.2, 0.25) is 0 Å². The number of hydrogen-bond acceptors (Lipinski definition) is 3.